The largest absolute Gasteiger partial charge is 0.326 e. The van der Waals surface area contributed by atoms with Gasteiger partial charge in [0.2, 0.25) is 11.8 Å². The minimum absolute atomic E-state index is 0.0102. The van der Waals surface area contributed by atoms with Gasteiger partial charge in [0.25, 0.3) is 0 Å². The number of anilines is 2. The van der Waals surface area contributed by atoms with Crippen LogP contribution in [0, 0.1) is 5.92 Å². The second-order valence-corrected chi connectivity index (χ2v) is 6.92. The third-order valence-corrected chi connectivity index (χ3v) is 4.88. The summed E-state index contributed by atoms with van der Waals surface area (Å²) in [6.45, 7) is 0.631. The van der Waals surface area contributed by atoms with Crippen molar-refractivity contribution >= 4 is 23.2 Å². The van der Waals surface area contributed by atoms with E-state index < -0.39 is 0 Å². The second kappa shape index (κ2) is 8.04. The Morgan fingerprint density at radius 2 is 2.00 bits per heavy atom. The standard InChI is InChI=1S/C21H21N5O2/c27-20(10-7-17-11-16-3-1-2-4-19(16)25-21(17)28)24-18-8-5-15(6-9-18)12-26-14-22-13-23-26/h1-6,8-9,13-14,17H,7,10-12H2,(H,24,27)(H,25,28)/t17-/m0/s1. The molecular formula is C21H21N5O2. The maximum absolute atomic E-state index is 12.3. The minimum Gasteiger partial charge on any atom is -0.326 e. The molecule has 2 N–H and O–H groups in total. The Labute approximate surface area is 162 Å². The van der Waals surface area contributed by atoms with Crippen molar-refractivity contribution in [1.82, 2.24) is 14.8 Å². The van der Waals surface area contributed by atoms with Crippen LogP contribution in [0.4, 0.5) is 11.4 Å². The van der Waals surface area contributed by atoms with Gasteiger partial charge in [-0.15, -0.1) is 0 Å². The first-order chi connectivity index (χ1) is 13.7. The van der Waals surface area contributed by atoms with Crippen LogP contribution in [0.3, 0.4) is 0 Å². The van der Waals surface area contributed by atoms with E-state index in [1.807, 2.05) is 48.5 Å². The van der Waals surface area contributed by atoms with Gasteiger partial charge in [0.1, 0.15) is 12.7 Å². The summed E-state index contributed by atoms with van der Waals surface area (Å²) in [4.78, 5) is 28.4. The normalized spacial score (nSPS) is 15.6. The highest BCUT2D eigenvalue weighted by Gasteiger charge is 2.26. The van der Waals surface area contributed by atoms with Gasteiger partial charge in [-0.05, 0) is 42.2 Å². The molecule has 0 bridgehead atoms. The molecule has 0 spiro atoms. The van der Waals surface area contributed by atoms with E-state index >= 15 is 0 Å². The number of hydrogen-bond donors (Lipinski definition) is 2. The fourth-order valence-corrected chi connectivity index (χ4v) is 3.37. The molecule has 3 aromatic rings. The highest BCUT2D eigenvalue weighted by Crippen LogP contribution is 2.27. The summed E-state index contributed by atoms with van der Waals surface area (Å²) >= 11 is 0. The Bertz CT molecular complexity index is 967. The van der Waals surface area contributed by atoms with Gasteiger partial charge >= 0.3 is 0 Å². The lowest BCUT2D eigenvalue weighted by Crippen LogP contribution is -2.30. The van der Waals surface area contributed by atoms with Crippen LogP contribution in [0.25, 0.3) is 0 Å². The van der Waals surface area contributed by atoms with Gasteiger partial charge in [0.05, 0.1) is 6.54 Å². The first-order valence-corrected chi connectivity index (χ1v) is 9.27. The number of carbonyl (C=O) groups is 2. The molecule has 7 heteroatoms. The fraction of sp³-hybridized carbons (Fsp3) is 0.238. The molecule has 4 rings (SSSR count). The third kappa shape index (κ3) is 4.25. The van der Waals surface area contributed by atoms with Crippen molar-refractivity contribution in [2.45, 2.75) is 25.8 Å². The number of nitrogens with zero attached hydrogens (tertiary/aromatic N) is 3. The predicted molar refractivity (Wildman–Crippen MR) is 106 cm³/mol. The van der Waals surface area contributed by atoms with E-state index in [-0.39, 0.29) is 17.7 Å². The first-order valence-electron chi connectivity index (χ1n) is 9.27. The molecule has 0 unspecified atom stereocenters. The molecule has 1 atom stereocenters. The van der Waals surface area contributed by atoms with Gasteiger partial charge in [-0.25, -0.2) is 9.67 Å². The maximum Gasteiger partial charge on any atom is 0.227 e. The number of carbonyl (C=O) groups excluding carboxylic acids is 2. The molecule has 142 valence electrons. The second-order valence-electron chi connectivity index (χ2n) is 6.92. The van der Waals surface area contributed by atoms with Crippen molar-refractivity contribution < 1.29 is 9.59 Å². The Kier molecular flexibility index (Phi) is 5.14. The molecule has 1 aromatic heterocycles. The van der Waals surface area contributed by atoms with Crippen molar-refractivity contribution in [1.29, 1.82) is 0 Å². The molecule has 7 nitrogen and oxygen atoms in total. The van der Waals surface area contributed by atoms with Crippen LogP contribution in [0.15, 0.2) is 61.2 Å². The molecule has 0 saturated heterocycles. The number of rotatable bonds is 6. The zero-order valence-electron chi connectivity index (χ0n) is 15.3. The van der Waals surface area contributed by atoms with Gasteiger partial charge in [-0.1, -0.05) is 30.3 Å². The van der Waals surface area contributed by atoms with Gasteiger partial charge < -0.3 is 10.6 Å². The van der Waals surface area contributed by atoms with Gasteiger partial charge in [-0.2, -0.15) is 5.10 Å². The van der Waals surface area contributed by atoms with E-state index in [2.05, 4.69) is 20.7 Å². The third-order valence-electron chi connectivity index (χ3n) is 4.88. The number of aromatic nitrogens is 3. The maximum atomic E-state index is 12.3. The Morgan fingerprint density at radius 3 is 2.79 bits per heavy atom. The average molecular weight is 375 g/mol. The zero-order valence-corrected chi connectivity index (χ0v) is 15.3. The molecule has 0 aliphatic carbocycles. The fourth-order valence-electron chi connectivity index (χ4n) is 3.37. The lowest BCUT2D eigenvalue weighted by atomic mass is 9.89. The van der Waals surface area contributed by atoms with Crippen molar-refractivity contribution in [2.75, 3.05) is 10.6 Å². The van der Waals surface area contributed by atoms with E-state index in [1.165, 1.54) is 6.33 Å². The van der Waals surface area contributed by atoms with Crippen molar-refractivity contribution in [3.63, 3.8) is 0 Å². The topological polar surface area (TPSA) is 88.9 Å². The number of hydrogen-bond acceptors (Lipinski definition) is 4. The molecular weight excluding hydrogens is 354 g/mol. The summed E-state index contributed by atoms with van der Waals surface area (Å²) < 4.78 is 1.74. The number of benzene rings is 2. The van der Waals surface area contributed by atoms with E-state index in [0.717, 1.165) is 22.5 Å². The van der Waals surface area contributed by atoms with Gasteiger partial charge in [0.15, 0.2) is 0 Å². The van der Waals surface area contributed by atoms with Crippen LogP contribution in [-0.2, 0) is 22.6 Å². The molecule has 1 aliphatic rings. The predicted octanol–water partition coefficient (Wildman–Crippen LogP) is 2.86. The van der Waals surface area contributed by atoms with Gasteiger partial charge in [-0.3, -0.25) is 9.59 Å². The lowest BCUT2D eigenvalue weighted by molar-refractivity contribution is -0.121. The number of amides is 2. The van der Waals surface area contributed by atoms with E-state index in [9.17, 15) is 9.59 Å². The molecule has 0 fully saturated rings. The summed E-state index contributed by atoms with van der Waals surface area (Å²) in [5.41, 5.74) is 3.81. The first kappa shape index (κ1) is 17.9. The van der Waals surface area contributed by atoms with Crippen LogP contribution >= 0.6 is 0 Å². The van der Waals surface area contributed by atoms with Crippen LogP contribution in [0.5, 0.6) is 0 Å². The van der Waals surface area contributed by atoms with Crippen molar-refractivity contribution in [3.05, 3.63) is 72.3 Å². The summed E-state index contributed by atoms with van der Waals surface area (Å²) in [5.74, 6) is -0.273. The highest BCUT2D eigenvalue weighted by atomic mass is 16.2. The smallest absolute Gasteiger partial charge is 0.227 e. The van der Waals surface area contributed by atoms with Crippen LogP contribution in [0.1, 0.15) is 24.0 Å². The summed E-state index contributed by atoms with van der Waals surface area (Å²) in [5, 5.41) is 9.90. The molecule has 2 amide bonds. The number of para-hydroxylation sites is 1. The molecule has 28 heavy (non-hydrogen) atoms. The number of nitrogens with one attached hydrogen (secondary N) is 2. The van der Waals surface area contributed by atoms with E-state index in [0.29, 0.717) is 25.8 Å². The summed E-state index contributed by atoms with van der Waals surface area (Å²) in [7, 11) is 0. The van der Waals surface area contributed by atoms with Crippen molar-refractivity contribution in [3.8, 4) is 0 Å². The molecule has 0 radical (unpaired) electrons. The Morgan fingerprint density at radius 1 is 1.18 bits per heavy atom. The monoisotopic (exact) mass is 375 g/mol. The Balaban J connectivity index is 1.28. The number of fused-ring (bicyclic) bond motifs is 1. The molecule has 1 aliphatic heterocycles. The average Bonchev–Trinajstić information content (AvgIpc) is 3.21. The lowest BCUT2D eigenvalue weighted by Gasteiger charge is -2.24. The van der Waals surface area contributed by atoms with Gasteiger partial charge in [0, 0.05) is 23.7 Å². The summed E-state index contributed by atoms with van der Waals surface area (Å²) in [6, 6.07) is 15.4. The zero-order chi connectivity index (χ0) is 19.3. The molecule has 0 saturated carbocycles. The van der Waals surface area contributed by atoms with Crippen LogP contribution in [0.2, 0.25) is 0 Å². The van der Waals surface area contributed by atoms with E-state index in [1.54, 1.807) is 11.0 Å². The van der Waals surface area contributed by atoms with Crippen LogP contribution in [-0.4, -0.2) is 26.6 Å². The minimum atomic E-state index is -0.175. The summed E-state index contributed by atoms with van der Waals surface area (Å²) in [6.07, 6.45) is 4.67. The van der Waals surface area contributed by atoms with E-state index in [4.69, 9.17) is 0 Å². The SMILES string of the molecule is O=C(CC[C@H]1Cc2ccccc2NC1=O)Nc1ccc(Cn2cncn2)cc1. The quantitative estimate of drug-likeness (QED) is 0.693. The molecule has 2 aromatic carbocycles. The molecule has 2 heterocycles. The van der Waals surface area contributed by atoms with Crippen molar-refractivity contribution in [2.24, 2.45) is 5.92 Å². The Hall–Kier alpha value is -3.48. The highest BCUT2D eigenvalue weighted by molar-refractivity contribution is 5.96. The van der Waals surface area contributed by atoms with Crippen LogP contribution < -0.4 is 10.6 Å².